The summed E-state index contributed by atoms with van der Waals surface area (Å²) in [6.45, 7) is 6.52. The van der Waals surface area contributed by atoms with Crippen LogP contribution in [0.5, 0.6) is 5.75 Å². The Morgan fingerprint density at radius 2 is 1.94 bits per heavy atom. The number of nitrogens with one attached hydrogen (secondary N) is 1. The highest BCUT2D eigenvalue weighted by atomic mass is 16.5. The van der Waals surface area contributed by atoms with Crippen molar-refractivity contribution >= 4 is 0 Å². The van der Waals surface area contributed by atoms with Crippen LogP contribution in [0.25, 0.3) is 0 Å². The Labute approximate surface area is 97.8 Å². The van der Waals surface area contributed by atoms with Crippen molar-refractivity contribution in [2.24, 2.45) is 0 Å². The zero-order valence-electron chi connectivity index (χ0n) is 10.3. The molecule has 0 aromatic heterocycles. The molecule has 0 heterocycles. The lowest BCUT2D eigenvalue weighted by atomic mass is 10.2. The minimum absolute atomic E-state index is 0.377. The van der Waals surface area contributed by atoms with Gasteiger partial charge in [0.2, 0.25) is 0 Å². The Bertz CT molecular complexity index is 284. The summed E-state index contributed by atoms with van der Waals surface area (Å²) in [7, 11) is 1.68. The number of rotatable bonds is 7. The average Bonchev–Trinajstić information content (AvgIpc) is 2.34. The lowest BCUT2D eigenvalue weighted by Gasteiger charge is -2.13. The lowest BCUT2D eigenvalue weighted by molar-refractivity contribution is 0.127. The number of methoxy groups -OCH3 is 1. The Kier molecular flexibility index (Phi) is 5.90. The molecule has 16 heavy (non-hydrogen) atoms. The van der Waals surface area contributed by atoms with Crippen LogP contribution in [-0.2, 0) is 11.3 Å². The van der Waals surface area contributed by atoms with Gasteiger partial charge in [0.05, 0.1) is 13.7 Å². The van der Waals surface area contributed by atoms with Crippen LogP contribution < -0.4 is 10.1 Å². The van der Waals surface area contributed by atoms with Crippen molar-refractivity contribution in [3.05, 3.63) is 29.8 Å². The third-order valence-electron chi connectivity index (χ3n) is 2.39. The van der Waals surface area contributed by atoms with Gasteiger partial charge in [0.15, 0.2) is 0 Å². The van der Waals surface area contributed by atoms with Gasteiger partial charge in [-0.25, -0.2) is 0 Å². The Morgan fingerprint density at radius 1 is 1.25 bits per heavy atom. The van der Waals surface area contributed by atoms with Crippen molar-refractivity contribution in [3.8, 4) is 5.75 Å². The second kappa shape index (κ2) is 7.25. The first kappa shape index (κ1) is 13.0. The maximum Gasteiger partial charge on any atom is 0.118 e. The summed E-state index contributed by atoms with van der Waals surface area (Å²) in [5.74, 6) is 0.895. The first-order chi connectivity index (χ1) is 7.76. The van der Waals surface area contributed by atoms with E-state index in [4.69, 9.17) is 9.47 Å². The monoisotopic (exact) mass is 223 g/mol. The third kappa shape index (κ3) is 4.64. The van der Waals surface area contributed by atoms with Gasteiger partial charge in [-0.1, -0.05) is 12.1 Å². The summed E-state index contributed by atoms with van der Waals surface area (Å²) >= 11 is 0. The van der Waals surface area contributed by atoms with Gasteiger partial charge in [-0.15, -0.1) is 0 Å². The van der Waals surface area contributed by atoms with Crippen molar-refractivity contribution < 1.29 is 9.47 Å². The molecule has 1 aromatic rings. The van der Waals surface area contributed by atoms with Crippen LogP contribution in [0.1, 0.15) is 19.4 Å². The predicted octanol–water partition coefficient (Wildman–Crippen LogP) is 2.21. The fourth-order valence-corrected chi connectivity index (χ4v) is 1.39. The smallest absolute Gasteiger partial charge is 0.118 e. The van der Waals surface area contributed by atoms with E-state index >= 15 is 0 Å². The van der Waals surface area contributed by atoms with E-state index in [0.29, 0.717) is 6.04 Å². The normalized spacial score (nSPS) is 12.4. The van der Waals surface area contributed by atoms with Gasteiger partial charge in [0, 0.05) is 19.2 Å². The summed E-state index contributed by atoms with van der Waals surface area (Å²) in [6.07, 6.45) is 0. The molecule has 0 saturated heterocycles. The van der Waals surface area contributed by atoms with E-state index in [9.17, 15) is 0 Å². The van der Waals surface area contributed by atoms with Crippen LogP contribution in [-0.4, -0.2) is 26.4 Å². The van der Waals surface area contributed by atoms with E-state index in [2.05, 4.69) is 24.4 Å². The van der Waals surface area contributed by atoms with Gasteiger partial charge in [0.25, 0.3) is 0 Å². The number of hydrogen-bond acceptors (Lipinski definition) is 3. The van der Waals surface area contributed by atoms with Gasteiger partial charge >= 0.3 is 0 Å². The Hall–Kier alpha value is -1.06. The number of benzene rings is 1. The van der Waals surface area contributed by atoms with Crippen LogP contribution in [0.3, 0.4) is 0 Å². The molecule has 0 aliphatic rings. The van der Waals surface area contributed by atoms with E-state index in [1.165, 1.54) is 5.56 Å². The molecule has 1 N–H and O–H groups in total. The first-order valence-corrected chi connectivity index (χ1v) is 5.70. The second-order valence-corrected chi connectivity index (χ2v) is 3.79. The van der Waals surface area contributed by atoms with Crippen LogP contribution in [0.2, 0.25) is 0 Å². The highest BCUT2D eigenvalue weighted by Crippen LogP contribution is 2.10. The molecule has 0 aliphatic heterocycles. The molecule has 0 aliphatic carbocycles. The quantitative estimate of drug-likeness (QED) is 0.768. The molecule has 0 fully saturated rings. The summed E-state index contributed by atoms with van der Waals surface area (Å²) < 4.78 is 10.4. The molecule has 1 aromatic carbocycles. The zero-order valence-corrected chi connectivity index (χ0v) is 10.3. The van der Waals surface area contributed by atoms with Gasteiger partial charge in [-0.3, -0.25) is 0 Å². The van der Waals surface area contributed by atoms with Gasteiger partial charge in [-0.05, 0) is 31.5 Å². The highest BCUT2D eigenvalue weighted by molar-refractivity contribution is 5.26. The molecule has 1 unspecified atom stereocenters. The minimum atomic E-state index is 0.377. The largest absolute Gasteiger partial charge is 0.497 e. The Morgan fingerprint density at radius 3 is 2.50 bits per heavy atom. The van der Waals surface area contributed by atoms with Crippen LogP contribution in [0, 0.1) is 0 Å². The molecular formula is C13H21NO2. The third-order valence-corrected chi connectivity index (χ3v) is 2.39. The topological polar surface area (TPSA) is 30.5 Å². The van der Waals surface area contributed by atoms with Crippen molar-refractivity contribution in [2.75, 3.05) is 20.3 Å². The maximum atomic E-state index is 5.34. The van der Waals surface area contributed by atoms with Gasteiger partial charge < -0.3 is 14.8 Å². The van der Waals surface area contributed by atoms with E-state index in [1.54, 1.807) is 7.11 Å². The molecule has 3 nitrogen and oxygen atoms in total. The summed E-state index contributed by atoms with van der Waals surface area (Å²) in [5, 5.41) is 3.41. The maximum absolute atomic E-state index is 5.34. The summed E-state index contributed by atoms with van der Waals surface area (Å²) in [5.41, 5.74) is 1.25. The SMILES string of the molecule is CCOCC(C)NCc1ccc(OC)cc1. The summed E-state index contributed by atoms with van der Waals surface area (Å²) in [4.78, 5) is 0. The van der Waals surface area contributed by atoms with E-state index in [1.807, 2.05) is 19.1 Å². The number of ether oxygens (including phenoxy) is 2. The molecule has 3 heteroatoms. The van der Waals surface area contributed by atoms with E-state index in [-0.39, 0.29) is 0 Å². The molecule has 1 rings (SSSR count). The molecule has 0 amide bonds. The standard InChI is InChI=1S/C13H21NO2/c1-4-16-10-11(2)14-9-12-5-7-13(15-3)8-6-12/h5-8,11,14H,4,9-10H2,1-3H3. The van der Waals surface area contributed by atoms with Crippen LogP contribution >= 0.6 is 0 Å². The molecule has 0 spiro atoms. The van der Waals surface area contributed by atoms with Crippen LogP contribution in [0.4, 0.5) is 0 Å². The fraction of sp³-hybridized carbons (Fsp3) is 0.538. The van der Waals surface area contributed by atoms with Crippen LogP contribution in [0.15, 0.2) is 24.3 Å². The second-order valence-electron chi connectivity index (χ2n) is 3.79. The molecule has 90 valence electrons. The first-order valence-electron chi connectivity index (χ1n) is 5.70. The van der Waals surface area contributed by atoms with Gasteiger partial charge in [-0.2, -0.15) is 0 Å². The summed E-state index contributed by atoms with van der Waals surface area (Å²) in [6, 6.07) is 8.47. The van der Waals surface area contributed by atoms with Crippen molar-refractivity contribution in [1.82, 2.24) is 5.32 Å². The van der Waals surface area contributed by atoms with Crippen molar-refractivity contribution in [3.63, 3.8) is 0 Å². The molecule has 0 saturated carbocycles. The van der Waals surface area contributed by atoms with Crippen molar-refractivity contribution in [1.29, 1.82) is 0 Å². The molecule has 0 bridgehead atoms. The lowest BCUT2D eigenvalue weighted by Crippen LogP contribution is -2.30. The molecule has 1 atom stereocenters. The zero-order chi connectivity index (χ0) is 11.8. The molecule has 0 radical (unpaired) electrons. The number of hydrogen-bond donors (Lipinski definition) is 1. The Balaban J connectivity index is 2.30. The predicted molar refractivity (Wildman–Crippen MR) is 65.8 cm³/mol. The minimum Gasteiger partial charge on any atom is -0.497 e. The van der Waals surface area contributed by atoms with Crippen molar-refractivity contribution in [2.45, 2.75) is 26.4 Å². The average molecular weight is 223 g/mol. The van der Waals surface area contributed by atoms with E-state index < -0.39 is 0 Å². The molecular weight excluding hydrogens is 202 g/mol. The fourth-order valence-electron chi connectivity index (χ4n) is 1.39. The van der Waals surface area contributed by atoms with Gasteiger partial charge in [0.1, 0.15) is 5.75 Å². The van der Waals surface area contributed by atoms with E-state index in [0.717, 1.165) is 25.5 Å². The highest BCUT2D eigenvalue weighted by Gasteiger charge is 2.01.